The molecule has 2 aliphatic rings. The lowest BCUT2D eigenvalue weighted by Gasteiger charge is -2.37. The summed E-state index contributed by atoms with van der Waals surface area (Å²) in [6, 6.07) is 18.2. The van der Waals surface area contributed by atoms with Gasteiger partial charge < -0.3 is 15.0 Å². The topological polar surface area (TPSA) is 41.6 Å². The van der Waals surface area contributed by atoms with Crippen molar-refractivity contribution in [1.82, 2.24) is 5.32 Å². The molecule has 1 heterocycles. The summed E-state index contributed by atoms with van der Waals surface area (Å²) in [5, 5.41) is 3.39. The lowest BCUT2D eigenvalue weighted by Crippen LogP contribution is -2.48. The third kappa shape index (κ3) is 4.56. The fourth-order valence-corrected chi connectivity index (χ4v) is 4.42. The van der Waals surface area contributed by atoms with Gasteiger partial charge in [0.1, 0.15) is 11.5 Å². The van der Waals surface area contributed by atoms with Gasteiger partial charge in [-0.05, 0) is 68.6 Å². The van der Waals surface area contributed by atoms with E-state index in [1.807, 2.05) is 54.6 Å². The maximum atomic E-state index is 13.4. The number of carbonyl (C=O) groups excluding carboxylic acids is 1. The Bertz CT molecular complexity index is 748. The average Bonchev–Trinajstić information content (AvgIpc) is 2.77. The van der Waals surface area contributed by atoms with Crippen LogP contribution in [0.4, 0.5) is 5.69 Å². The minimum absolute atomic E-state index is 0.0934. The quantitative estimate of drug-likeness (QED) is 0.783. The minimum atomic E-state index is 0.0934. The Labute approximate surface area is 167 Å². The number of piperidine rings is 1. The molecule has 1 atom stereocenters. The van der Waals surface area contributed by atoms with Crippen LogP contribution >= 0.6 is 0 Å². The van der Waals surface area contributed by atoms with Crippen molar-refractivity contribution in [1.29, 1.82) is 0 Å². The monoisotopic (exact) mass is 378 g/mol. The zero-order valence-corrected chi connectivity index (χ0v) is 16.5. The predicted octanol–water partition coefficient (Wildman–Crippen LogP) is 5.14. The van der Waals surface area contributed by atoms with Gasteiger partial charge in [0.05, 0.1) is 5.92 Å². The van der Waals surface area contributed by atoms with Crippen molar-refractivity contribution in [2.75, 3.05) is 18.0 Å². The van der Waals surface area contributed by atoms with Gasteiger partial charge in [-0.3, -0.25) is 4.79 Å². The van der Waals surface area contributed by atoms with Crippen molar-refractivity contribution in [2.45, 2.75) is 51.0 Å². The Balaban J connectivity index is 1.54. The van der Waals surface area contributed by atoms with E-state index in [9.17, 15) is 4.79 Å². The van der Waals surface area contributed by atoms with Gasteiger partial charge in [-0.25, -0.2) is 0 Å². The predicted molar refractivity (Wildman–Crippen MR) is 113 cm³/mol. The number of hydrogen-bond acceptors (Lipinski definition) is 3. The van der Waals surface area contributed by atoms with Gasteiger partial charge in [0.15, 0.2) is 0 Å². The van der Waals surface area contributed by atoms with E-state index in [2.05, 4.69) is 10.2 Å². The molecule has 0 aromatic heterocycles. The molecule has 148 valence electrons. The number of para-hydroxylation sites is 1. The highest BCUT2D eigenvalue weighted by Crippen LogP contribution is 2.32. The molecule has 0 spiro atoms. The maximum absolute atomic E-state index is 13.4. The maximum Gasteiger partial charge on any atom is 0.231 e. The summed E-state index contributed by atoms with van der Waals surface area (Å²) in [5.41, 5.74) is 1.00. The summed E-state index contributed by atoms with van der Waals surface area (Å²) in [6.45, 7) is 1.83. The van der Waals surface area contributed by atoms with Crippen LogP contribution in [0.3, 0.4) is 0 Å². The molecule has 4 rings (SSSR count). The van der Waals surface area contributed by atoms with E-state index in [-0.39, 0.29) is 11.8 Å². The van der Waals surface area contributed by atoms with Crippen molar-refractivity contribution < 1.29 is 9.53 Å². The van der Waals surface area contributed by atoms with Crippen molar-refractivity contribution >= 4 is 11.6 Å². The highest BCUT2D eigenvalue weighted by atomic mass is 16.5. The third-order valence-electron chi connectivity index (χ3n) is 5.92. The summed E-state index contributed by atoms with van der Waals surface area (Å²) >= 11 is 0. The molecule has 0 bridgehead atoms. The Morgan fingerprint density at radius 2 is 1.57 bits per heavy atom. The van der Waals surface area contributed by atoms with Crippen molar-refractivity contribution in [3.05, 3.63) is 54.6 Å². The van der Waals surface area contributed by atoms with Crippen molar-refractivity contribution in [3.63, 3.8) is 0 Å². The largest absolute Gasteiger partial charge is 0.457 e. The second-order valence-corrected chi connectivity index (χ2v) is 7.95. The molecule has 1 saturated heterocycles. The molecular formula is C24H30N2O2. The molecule has 1 aliphatic carbocycles. The number of anilines is 1. The fraction of sp³-hybridized carbons (Fsp3) is 0.458. The van der Waals surface area contributed by atoms with Gasteiger partial charge >= 0.3 is 0 Å². The Hall–Kier alpha value is -2.33. The summed E-state index contributed by atoms with van der Waals surface area (Å²) in [6.07, 6.45) is 8.00. The zero-order chi connectivity index (χ0) is 19.2. The van der Waals surface area contributed by atoms with Crippen LogP contribution in [0, 0.1) is 5.92 Å². The van der Waals surface area contributed by atoms with Crippen LogP contribution in [0.15, 0.2) is 54.6 Å². The van der Waals surface area contributed by atoms with Gasteiger partial charge in [-0.2, -0.15) is 0 Å². The van der Waals surface area contributed by atoms with E-state index in [0.717, 1.165) is 56.0 Å². The second kappa shape index (κ2) is 9.24. The molecule has 2 aromatic carbocycles. The SMILES string of the molecule is O=C([C@H]1CCCNC1)N(c1ccc(Oc2ccccc2)cc1)C1CCCCC1. The van der Waals surface area contributed by atoms with Crippen LogP contribution in [0.25, 0.3) is 0 Å². The first-order valence-corrected chi connectivity index (χ1v) is 10.7. The van der Waals surface area contributed by atoms with Gasteiger partial charge in [0.25, 0.3) is 0 Å². The lowest BCUT2D eigenvalue weighted by molar-refractivity contribution is -0.123. The Morgan fingerprint density at radius 3 is 2.25 bits per heavy atom. The number of nitrogens with one attached hydrogen (secondary N) is 1. The molecule has 1 amide bonds. The zero-order valence-electron chi connectivity index (χ0n) is 16.5. The molecular weight excluding hydrogens is 348 g/mol. The first-order chi connectivity index (χ1) is 13.8. The van der Waals surface area contributed by atoms with Crippen molar-refractivity contribution in [3.8, 4) is 11.5 Å². The molecule has 2 fully saturated rings. The fourth-order valence-electron chi connectivity index (χ4n) is 4.42. The van der Waals surface area contributed by atoms with E-state index in [4.69, 9.17) is 4.74 Å². The Morgan fingerprint density at radius 1 is 0.857 bits per heavy atom. The van der Waals surface area contributed by atoms with Gasteiger partial charge in [0, 0.05) is 18.3 Å². The third-order valence-corrected chi connectivity index (χ3v) is 5.92. The van der Waals surface area contributed by atoms with Crippen LogP contribution in [0.5, 0.6) is 11.5 Å². The molecule has 0 unspecified atom stereocenters. The Kier molecular flexibility index (Phi) is 6.27. The molecule has 2 aromatic rings. The number of benzene rings is 2. The molecule has 1 saturated carbocycles. The lowest BCUT2D eigenvalue weighted by atomic mass is 9.91. The number of amides is 1. The molecule has 4 heteroatoms. The number of rotatable bonds is 5. The van der Waals surface area contributed by atoms with Gasteiger partial charge in [-0.15, -0.1) is 0 Å². The van der Waals surface area contributed by atoms with E-state index >= 15 is 0 Å². The molecule has 1 aliphatic heterocycles. The first kappa shape index (κ1) is 19.0. The summed E-state index contributed by atoms with van der Waals surface area (Å²) in [5.74, 6) is 2.00. The van der Waals surface area contributed by atoms with Crippen molar-refractivity contribution in [2.24, 2.45) is 5.92 Å². The highest BCUT2D eigenvalue weighted by molar-refractivity contribution is 5.96. The number of hydrogen-bond donors (Lipinski definition) is 1. The highest BCUT2D eigenvalue weighted by Gasteiger charge is 2.32. The first-order valence-electron chi connectivity index (χ1n) is 10.7. The molecule has 0 radical (unpaired) electrons. The standard InChI is InChI=1S/C24H30N2O2/c27-24(19-8-7-17-25-18-19)26(20-9-3-1-4-10-20)21-13-15-23(16-14-21)28-22-11-5-2-6-12-22/h2,5-6,11-16,19-20,25H,1,3-4,7-10,17-18H2/t19-/m0/s1. The van der Waals surface area contributed by atoms with E-state index < -0.39 is 0 Å². The van der Waals surface area contributed by atoms with Gasteiger partial charge in [0.2, 0.25) is 5.91 Å². The van der Waals surface area contributed by atoms with Crippen LogP contribution in [-0.4, -0.2) is 25.0 Å². The van der Waals surface area contributed by atoms with E-state index in [1.165, 1.54) is 19.3 Å². The summed E-state index contributed by atoms with van der Waals surface area (Å²) in [4.78, 5) is 15.5. The molecule has 1 N–H and O–H groups in total. The number of nitrogens with zero attached hydrogens (tertiary/aromatic N) is 1. The van der Waals surface area contributed by atoms with Crippen LogP contribution < -0.4 is 15.0 Å². The average molecular weight is 379 g/mol. The number of ether oxygens (including phenoxy) is 1. The van der Waals surface area contributed by atoms with E-state index in [0.29, 0.717) is 6.04 Å². The molecule has 4 nitrogen and oxygen atoms in total. The van der Waals surface area contributed by atoms with E-state index in [1.54, 1.807) is 0 Å². The summed E-state index contributed by atoms with van der Waals surface area (Å²) < 4.78 is 5.92. The second-order valence-electron chi connectivity index (χ2n) is 7.95. The molecule has 28 heavy (non-hydrogen) atoms. The smallest absolute Gasteiger partial charge is 0.231 e. The summed E-state index contributed by atoms with van der Waals surface area (Å²) in [7, 11) is 0. The van der Waals surface area contributed by atoms with Crippen LogP contribution in [0.1, 0.15) is 44.9 Å². The van der Waals surface area contributed by atoms with Crippen LogP contribution in [-0.2, 0) is 4.79 Å². The minimum Gasteiger partial charge on any atom is -0.457 e. The van der Waals surface area contributed by atoms with Crippen LogP contribution in [0.2, 0.25) is 0 Å². The van der Waals surface area contributed by atoms with Gasteiger partial charge in [-0.1, -0.05) is 37.5 Å². The number of carbonyl (C=O) groups is 1. The normalized spacial score (nSPS) is 20.5.